The van der Waals surface area contributed by atoms with Crippen molar-refractivity contribution in [3.8, 4) is 11.8 Å². The quantitative estimate of drug-likeness (QED) is 0.555. The molecule has 1 saturated heterocycles. The van der Waals surface area contributed by atoms with Gasteiger partial charge in [-0.25, -0.2) is 0 Å². The van der Waals surface area contributed by atoms with Crippen LogP contribution in [0.1, 0.15) is 13.3 Å². The molecule has 1 amide bonds. The first kappa shape index (κ1) is 10.0. The lowest BCUT2D eigenvalue weighted by atomic mass is 10.0. The van der Waals surface area contributed by atoms with Crippen molar-refractivity contribution in [2.24, 2.45) is 0 Å². The van der Waals surface area contributed by atoms with Crippen LogP contribution in [0, 0.1) is 11.8 Å². The fraction of sp³-hybridized carbons (Fsp3) is 0.667. The van der Waals surface area contributed by atoms with Gasteiger partial charge in [0.1, 0.15) is 5.60 Å². The number of carbonyl (C=O) groups excluding carboxylic acids is 1. The van der Waals surface area contributed by atoms with Crippen LogP contribution in [0.15, 0.2) is 0 Å². The average molecular weight is 183 g/mol. The first-order valence-corrected chi connectivity index (χ1v) is 4.17. The van der Waals surface area contributed by atoms with E-state index in [-0.39, 0.29) is 19.1 Å². The van der Waals surface area contributed by atoms with Crippen LogP contribution in [0.5, 0.6) is 0 Å². The van der Waals surface area contributed by atoms with Crippen LogP contribution in [0.4, 0.5) is 0 Å². The fourth-order valence-corrected chi connectivity index (χ4v) is 1.14. The lowest BCUT2D eigenvalue weighted by molar-refractivity contribution is -0.116. The summed E-state index contributed by atoms with van der Waals surface area (Å²) in [5.41, 5.74) is -0.898. The van der Waals surface area contributed by atoms with E-state index in [1.54, 1.807) is 6.92 Å². The third-order valence-electron chi connectivity index (χ3n) is 1.90. The maximum atomic E-state index is 10.9. The standard InChI is InChI=1S/C9H13NO3/c1-2-3-8(11)10-6-9(12)4-5-13-7-9/h12H,4-7H2,1H3,(H,10,11). The molecule has 1 heterocycles. The number of hydrogen-bond acceptors (Lipinski definition) is 3. The Morgan fingerprint density at radius 2 is 2.54 bits per heavy atom. The highest BCUT2D eigenvalue weighted by atomic mass is 16.5. The van der Waals surface area contributed by atoms with Gasteiger partial charge in [0.25, 0.3) is 5.91 Å². The van der Waals surface area contributed by atoms with Crippen molar-refractivity contribution in [1.82, 2.24) is 5.32 Å². The molecular formula is C9H13NO3. The molecule has 1 fully saturated rings. The van der Waals surface area contributed by atoms with Crippen molar-refractivity contribution in [2.75, 3.05) is 19.8 Å². The molecule has 0 spiro atoms. The molecule has 4 nitrogen and oxygen atoms in total. The Hall–Kier alpha value is -1.05. The van der Waals surface area contributed by atoms with Crippen LogP contribution >= 0.6 is 0 Å². The van der Waals surface area contributed by atoms with E-state index in [1.807, 2.05) is 0 Å². The van der Waals surface area contributed by atoms with Gasteiger partial charge < -0.3 is 15.2 Å². The Morgan fingerprint density at radius 3 is 3.08 bits per heavy atom. The molecular weight excluding hydrogens is 170 g/mol. The molecule has 1 rings (SSSR count). The molecule has 1 aliphatic rings. The van der Waals surface area contributed by atoms with Crippen LogP contribution in [-0.4, -0.2) is 36.4 Å². The second-order valence-electron chi connectivity index (χ2n) is 3.08. The van der Waals surface area contributed by atoms with Gasteiger partial charge in [-0.05, 0) is 12.8 Å². The molecule has 1 aliphatic heterocycles. The molecule has 0 aromatic heterocycles. The molecule has 4 heteroatoms. The van der Waals surface area contributed by atoms with Crippen molar-refractivity contribution in [3.05, 3.63) is 0 Å². The Morgan fingerprint density at radius 1 is 1.77 bits per heavy atom. The van der Waals surface area contributed by atoms with E-state index in [4.69, 9.17) is 4.74 Å². The van der Waals surface area contributed by atoms with Gasteiger partial charge >= 0.3 is 0 Å². The zero-order valence-corrected chi connectivity index (χ0v) is 7.59. The summed E-state index contributed by atoms with van der Waals surface area (Å²) in [6.45, 7) is 2.63. The predicted octanol–water partition coefficient (Wildman–Crippen LogP) is -0.723. The van der Waals surface area contributed by atoms with Crippen LogP contribution in [0.3, 0.4) is 0 Å². The van der Waals surface area contributed by atoms with Gasteiger partial charge in [-0.15, -0.1) is 0 Å². The highest BCUT2D eigenvalue weighted by Gasteiger charge is 2.32. The van der Waals surface area contributed by atoms with Gasteiger partial charge in [-0.2, -0.15) is 0 Å². The first-order chi connectivity index (χ1) is 6.16. The van der Waals surface area contributed by atoms with Gasteiger partial charge in [-0.3, -0.25) is 4.79 Å². The fourth-order valence-electron chi connectivity index (χ4n) is 1.14. The summed E-state index contributed by atoms with van der Waals surface area (Å²) < 4.78 is 5.02. The molecule has 13 heavy (non-hydrogen) atoms. The minimum absolute atomic E-state index is 0.209. The largest absolute Gasteiger partial charge is 0.386 e. The number of rotatable bonds is 2. The van der Waals surface area contributed by atoms with Crippen molar-refractivity contribution in [2.45, 2.75) is 18.9 Å². The summed E-state index contributed by atoms with van der Waals surface area (Å²) in [6, 6.07) is 0. The molecule has 2 N–H and O–H groups in total. The van der Waals surface area contributed by atoms with Crippen molar-refractivity contribution >= 4 is 5.91 Å². The Balaban J connectivity index is 2.31. The molecule has 0 aromatic carbocycles. The third kappa shape index (κ3) is 3.05. The number of aliphatic hydroxyl groups is 1. The molecule has 0 saturated carbocycles. The highest BCUT2D eigenvalue weighted by molar-refractivity contribution is 5.93. The summed E-state index contributed by atoms with van der Waals surface area (Å²) in [6.07, 6.45) is 0.562. The molecule has 0 aliphatic carbocycles. The number of carbonyl (C=O) groups is 1. The van der Waals surface area contributed by atoms with Crippen molar-refractivity contribution < 1.29 is 14.6 Å². The molecule has 0 bridgehead atoms. The normalized spacial score (nSPS) is 26.3. The topological polar surface area (TPSA) is 58.6 Å². The van der Waals surface area contributed by atoms with Gasteiger partial charge in [0.05, 0.1) is 6.61 Å². The number of amides is 1. The summed E-state index contributed by atoms with van der Waals surface area (Å²) in [7, 11) is 0. The van der Waals surface area contributed by atoms with Gasteiger partial charge in [0.2, 0.25) is 0 Å². The Kier molecular flexibility index (Phi) is 3.29. The summed E-state index contributed by atoms with van der Waals surface area (Å²) in [4.78, 5) is 10.9. The van der Waals surface area contributed by atoms with Gasteiger partial charge in [-0.1, -0.05) is 5.92 Å². The number of hydrogen-bond donors (Lipinski definition) is 2. The third-order valence-corrected chi connectivity index (χ3v) is 1.90. The minimum atomic E-state index is -0.898. The van der Waals surface area contributed by atoms with Gasteiger partial charge in [0, 0.05) is 19.6 Å². The predicted molar refractivity (Wildman–Crippen MR) is 46.8 cm³/mol. The molecule has 1 unspecified atom stereocenters. The first-order valence-electron chi connectivity index (χ1n) is 4.17. The van der Waals surface area contributed by atoms with Crippen LogP contribution in [0.25, 0.3) is 0 Å². The van der Waals surface area contributed by atoms with Crippen LogP contribution in [-0.2, 0) is 9.53 Å². The smallest absolute Gasteiger partial charge is 0.295 e. The Bertz CT molecular complexity index is 245. The van der Waals surface area contributed by atoms with E-state index in [9.17, 15) is 9.90 Å². The molecule has 1 atom stereocenters. The maximum Gasteiger partial charge on any atom is 0.295 e. The average Bonchev–Trinajstić information content (AvgIpc) is 2.51. The van der Waals surface area contributed by atoms with E-state index >= 15 is 0 Å². The maximum absolute atomic E-state index is 10.9. The zero-order chi connectivity index (χ0) is 9.73. The molecule has 72 valence electrons. The highest BCUT2D eigenvalue weighted by Crippen LogP contribution is 2.16. The lowest BCUT2D eigenvalue weighted by Gasteiger charge is -2.19. The zero-order valence-electron chi connectivity index (χ0n) is 7.59. The van der Waals surface area contributed by atoms with E-state index in [0.29, 0.717) is 13.0 Å². The number of nitrogens with one attached hydrogen (secondary N) is 1. The van der Waals surface area contributed by atoms with E-state index in [2.05, 4.69) is 17.2 Å². The SMILES string of the molecule is CC#CC(=O)NCC1(O)CCOC1. The summed E-state index contributed by atoms with van der Waals surface area (Å²) in [5, 5.41) is 12.2. The minimum Gasteiger partial charge on any atom is -0.386 e. The van der Waals surface area contributed by atoms with Crippen molar-refractivity contribution in [3.63, 3.8) is 0 Å². The molecule has 0 aromatic rings. The van der Waals surface area contributed by atoms with E-state index in [1.165, 1.54) is 0 Å². The Labute approximate surface area is 77.3 Å². The van der Waals surface area contributed by atoms with Crippen LogP contribution < -0.4 is 5.32 Å². The lowest BCUT2D eigenvalue weighted by Crippen LogP contribution is -2.43. The number of ether oxygens (including phenoxy) is 1. The van der Waals surface area contributed by atoms with E-state index in [0.717, 1.165) is 0 Å². The second-order valence-corrected chi connectivity index (χ2v) is 3.08. The van der Waals surface area contributed by atoms with Crippen molar-refractivity contribution in [1.29, 1.82) is 0 Å². The molecule has 0 radical (unpaired) electrons. The van der Waals surface area contributed by atoms with Gasteiger partial charge in [0.15, 0.2) is 0 Å². The summed E-state index contributed by atoms with van der Waals surface area (Å²) in [5.74, 6) is 4.46. The summed E-state index contributed by atoms with van der Waals surface area (Å²) >= 11 is 0. The van der Waals surface area contributed by atoms with Crippen LogP contribution in [0.2, 0.25) is 0 Å². The monoisotopic (exact) mass is 183 g/mol. The van der Waals surface area contributed by atoms with E-state index < -0.39 is 5.60 Å². The second kappa shape index (κ2) is 4.26.